The Bertz CT molecular complexity index is 585. The largest absolute Gasteiger partial charge is 0.474 e. The number of carbonyl (C=O) groups is 1. The van der Waals surface area contributed by atoms with E-state index in [0.29, 0.717) is 11.5 Å². The number of aromatic nitrogens is 1. The summed E-state index contributed by atoms with van der Waals surface area (Å²) in [5.41, 5.74) is 1.81. The van der Waals surface area contributed by atoms with E-state index in [1.807, 2.05) is 0 Å². The smallest absolute Gasteiger partial charge is 0.433 e. The molecule has 1 fully saturated rings. The molecule has 8 heteroatoms. The molecule has 1 saturated carbocycles. The molecule has 140 valence electrons. The highest BCUT2D eigenvalue weighted by atomic mass is 19.4. The van der Waals surface area contributed by atoms with Crippen molar-refractivity contribution >= 4 is 5.97 Å². The van der Waals surface area contributed by atoms with Crippen LogP contribution < -0.4 is 10.2 Å². The third-order valence-corrected chi connectivity index (χ3v) is 4.36. The first-order valence-corrected chi connectivity index (χ1v) is 8.43. The van der Waals surface area contributed by atoms with Gasteiger partial charge in [-0.25, -0.2) is 4.98 Å². The van der Waals surface area contributed by atoms with Crippen LogP contribution in [0.15, 0.2) is 12.1 Å². The van der Waals surface area contributed by atoms with Crippen molar-refractivity contribution in [3.05, 3.63) is 23.4 Å². The van der Waals surface area contributed by atoms with E-state index < -0.39 is 17.8 Å². The van der Waals surface area contributed by atoms with Gasteiger partial charge in [-0.3, -0.25) is 4.79 Å². The van der Waals surface area contributed by atoms with E-state index in [9.17, 15) is 18.0 Å². The topological polar surface area (TPSA) is 60.4 Å². The van der Waals surface area contributed by atoms with Crippen LogP contribution in [0.5, 0.6) is 5.88 Å². The lowest BCUT2D eigenvalue weighted by atomic mass is 9.86. The Kier molecular flexibility index (Phi) is 6.64. The summed E-state index contributed by atoms with van der Waals surface area (Å²) < 4.78 is 44.6. The van der Waals surface area contributed by atoms with Gasteiger partial charge in [-0.15, -0.1) is 5.48 Å². The molecule has 5 nitrogen and oxygen atoms in total. The predicted octanol–water partition coefficient (Wildman–Crippen LogP) is 4.02. The number of hydrogen-bond acceptors (Lipinski definition) is 5. The zero-order chi connectivity index (χ0) is 18.4. The van der Waals surface area contributed by atoms with Gasteiger partial charge in [-0.1, -0.05) is 19.4 Å². The molecular weight excluding hydrogens is 337 g/mol. The first kappa shape index (κ1) is 19.5. The minimum atomic E-state index is -4.54. The van der Waals surface area contributed by atoms with Gasteiger partial charge < -0.3 is 9.57 Å². The average Bonchev–Trinajstić information content (AvgIpc) is 2.55. The van der Waals surface area contributed by atoms with Crippen LogP contribution in [0.25, 0.3) is 0 Å². The molecule has 0 aliphatic heterocycles. The first-order chi connectivity index (χ1) is 11.8. The van der Waals surface area contributed by atoms with Crippen LogP contribution in [0, 0.1) is 5.92 Å². The van der Waals surface area contributed by atoms with Gasteiger partial charge in [0.25, 0.3) is 0 Å². The second-order valence-electron chi connectivity index (χ2n) is 6.24. The molecule has 0 bridgehead atoms. The first-order valence-electron chi connectivity index (χ1n) is 8.43. The van der Waals surface area contributed by atoms with Gasteiger partial charge in [0.15, 0.2) is 0 Å². The fourth-order valence-corrected chi connectivity index (χ4v) is 2.90. The number of rotatable bonds is 6. The van der Waals surface area contributed by atoms with E-state index in [0.717, 1.165) is 38.2 Å². The van der Waals surface area contributed by atoms with Crippen molar-refractivity contribution in [1.29, 1.82) is 0 Å². The molecule has 1 aromatic heterocycles. The lowest BCUT2D eigenvalue weighted by Crippen LogP contribution is -2.26. The molecule has 0 atom stereocenters. The van der Waals surface area contributed by atoms with Crippen molar-refractivity contribution in [3.8, 4) is 5.88 Å². The van der Waals surface area contributed by atoms with E-state index in [4.69, 9.17) is 4.74 Å². The van der Waals surface area contributed by atoms with Gasteiger partial charge >= 0.3 is 12.1 Å². The molecular formula is C17H23F3N2O3. The Hall–Kier alpha value is -1.83. The SMILES string of the molecule is CCC1CCC(Oc2nc(C(F)(F)F)ccc2CNOC(C)=O)CC1. The molecule has 1 aliphatic rings. The third-order valence-electron chi connectivity index (χ3n) is 4.36. The van der Waals surface area contributed by atoms with Crippen molar-refractivity contribution in [1.82, 2.24) is 10.5 Å². The number of nitrogens with zero attached hydrogens (tertiary/aromatic N) is 1. The molecule has 25 heavy (non-hydrogen) atoms. The molecule has 0 amide bonds. The summed E-state index contributed by atoms with van der Waals surface area (Å²) in [6.45, 7) is 3.38. The monoisotopic (exact) mass is 360 g/mol. The number of pyridine rings is 1. The maximum absolute atomic E-state index is 12.9. The molecule has 0 aromatic carbocycles. The number of carbonyl (C=O) groups excluding carboxylic acids is 1. The minimum Gasteiger partial charge on any atom is -0.474 e. The average molecular weight is 360 g/mol. The van der Waals surface area contributed by atoms with Crippen molar-refractivity contribution in [2.45, 2.75) is 64.8 Å². The van der Waals surface area contributed by atoms with E-state index in [-0.39, 0.29) is 18.5 Å². The van der Waals surface area contributed by atoms with Crippen LogP contribution in [0.4, 0.5) is 13.2 Å². The van der Waals surface area contributed by atoms with Crippen LogP contribution in [-0.2, 0) is 22.4 Å². The molecule has 1 N–H and O–H groups in total. The van der Waals surface area contributed by atoms with E-state index >= 15 is 0 Å². The number of halogens is 3. The van der Waals surface area contributed by atoms with Gasteiger partial charge in [-0.05, 0) is 37.7 Å². The Morgan fingerprint density at radius 1 is 1.28 bits per heavy atom. The van der Waals surface area contributed by atoms with Gasteiger partial charge in [-0.2, -0.15) is 13.2 Å². The van der Waals surface area contributed by atoms with E-state index in [1.54, 1.807) is 0 Å². The molecule has 1 aromatic rings. The molecule has 0 unspecified atom stereocenters. The summed E-state index contributed by atoms with van der Waals surface area (Å²) in [7, 11) is 0. The second-order valence-corrected chi connectivity index (χ2v) is 6.24. The minimum absolute atomic E-state index is 0.0182. The molecule has 1 heterocycles. The Labute approximate surface area is 144 Å². The van der Waals surface area contributed by atoms with Crippen molar-refractivity contribution in [3.63, 3.8) is 0 Å². The number of hydrogen-bond donors (Lipinski definition) is 1. The quantitative estimate of drug-likeness (QED) is 0.777. The highest BCUT2D eigenvalue weighted by Gasteiger charge is 2.34. The van der Waals surface area contributed by atoms with E-state index in [2.05, 4.69) is 22.2 Å². The fraction of sp³-hybridized carbons (Fsp3) is 0.647. The molecule has 0 radical (unpaired) electrons. The number of alkyl halides is 3. The van der Waals surface area contributed by atoms with Crippen LogP contribution >= 0.6 is 0 Å². The highest BCUT2D eigenvalue weighted by Crippen LogP contribution is 2.33. The standard InChI is InChI=1S/C17H23F3N2O3/c1-3-12-4-7-14(8-5-12)24-16-13(10-21-25-11(2)23)6-9-15(22-16)17(18,19)20/h6,9,12,14,21H,3-5,7-8,10H2,1-2H3. The predicted molar refractivity (Wildman–Crippen MR) is 84.5 cm³/mol. The van der Waals surface area contributed by atoms with Crippen LogP contribution in [0.2, 0.25) is 0 Å². The molecule has 1 aliphatic carbocycles. The Morgan fingerprint density at radius 3 is 2.52 bits per heavy atom. The zero-order valence-electron chi connectivity index (χ0n) is 14.4. The van der Waals surface area contributed by atoms with Crippen molar-refractivity contribution < 1.29 is 27.5 Å². The normalized spacial score (nSPS) is 21.0. The maximum atomic E-state index is 12.9. The van der Waals surface area contributed by atoms with Gasteiger partial charge in [0.1, 0.15) is 11.8 Å². The van der Waals surface area contributed by atoms with Crippen LogP contribution in [-0.4, -0.2) is 17.1 Å². The maximum Gasteiger partial charge on any atom is 0.433 e. The lowest BCUT2D eigenvalue weighted by molar-refractivity contribution is -0.148. The lowest BCUT2D eigenvalue weighted by Gasteiger charge is -2.28. The summed E-state index contributed by atoms with van der Waals surface area (Å²) in [4.78, 5) is 19.1. The third kappa shape index (κ3) is 5.88. The Balaban J connectivity index is 2.12. The van der Waals surface area contributed by atoms with Gasteiger partial charge in [0.2, 0.25) is 5.88 Å². The van der Waals surface area contributed by atoms with Crippen molar-refractivity contribution in [2.24, 2.45) is 5.92 Å². The zero-order valence-corrected chi connectivity index (χ0v) is 14.4. The summed E-state index contributed by atoms with van der Waals surface area (Å²) in [5, 5.41) is 0. The summed E-state index contributed by atoms with van der Waals surface area (Å²) >= 11 is 0. The van der Waals surface area contributed by atoms with Crippen LogP contribution in [0.3, 0.4) is 0 Å². The fourth-order valence-electron chi connectivity index (χ4n) is 2.90. The summed E-state index contributed by atoms with van der Waals surface area (Å²) in [6.07, 6.45) is 0.0144. The number of ether oxygens (including phenoxy) is 1. The second kappa shape index (κ2) is 8.51. The van der Waals surface area contributed by atoms with E-state index in [1.165, 1.54) is 13.0 Å². The van der Waals surface area contributed by atoms with Crippen LogP contribution in [0.1, 0.15) is 57.2 Å². The highest BCUT2D eigenvalue weighted by molar-refractivity contribution is 5.65. The van der Waals surface area contributed by atoms with Gasteiger partial charge in [0, 0.05) is 12.5 Å². The number of hydroxylamine groups is 1. The molecule has 0 spiro atoms. The van der Waals surface area contributed by atoms with Gasteiger partial charge in [0.05, 0.1) is 6.54 Å². The van der Waals surface area contributed by atoms with Crippen molar-refractivity contribution in [2.75, 3.05) is 0 Å². The molecule has 2 rings (SSSR count). The molecule has 0 saturated heterocycles. The summed E-state index contributed by atoms with van der Waals surface area (Å²) in [6, 6.07) is 2.19. The Morgan fingerprint density at radius 2 is 1.96 bits per heavy atom. The number of nitrogens with one attached hydrogen (secondary N) is 1. The summed E-state index contributed by atoms with van der Waals surface area (Å²) in [5.74, 6) is 0.0501.